The van der Waals surface area contributed by atoms with E-state index in [1.54, 1.807) is 19.1 Å². The first kappa shape index (κ1) is 17.3. The van der Waals surface area contributed by atoms with Gasteiger partial charge in [-0.05, 0) is 51.2 Å². The van der Waals surface area contributed by atoms with Crippen LogP contribution in [-0.4, -0.2) is 43.7 Å². The molecular weight excluding hydrogens is 266 g/mol. The summed E-state index contributed by atoms with van der Waals surface area (Å²) in [7, 11) is 0. The number of ether oxygens (including phenoxy) is 1. The maximum absolute atomic E-state index is 11.6. The van der Waals surface area contributed by atoms with Crippen molar-refractivity contribution in [3.8, 4) is 0 Å². The summed E-state index contributed by atoms with van der Waals surface area (Å²) in [5.74, 6) is -0.336. The van der Waals surface area contributed by atoms with Crippen LogP contribution in [0.25, 0.3) is 0 Å². The fraction of sp³-hybridized carbons (Fsp3) is 0.562. The fourth-order valence-electron chi connectivity index (χ4n) is 2.13. The Morgan fingerprint density at radius 1 is 1.29 bits per heavy atom. The molecule has 5 nitrogen and oxygen atoms in total. The third-order valence-corrected chi connectivity index (χ3v) is 3.42. The molecule has 3 N–H and O–H groups in total. The van der Waals surface area contributed by atoms with E-state index >= 15 is 0 Å². The molecule has 118 valence electrons. The molecule has 1 aromatic carbocycles. The lowest BCUT2D eigenvalue weighted by Crippen LogP contribution is -2.25. The van der Waals surface area contributed by atoms with Gasteiger partial charge in [0.25, 0.3) is 0 Å². The standard InChI is InChI=1S/C16H27N3O2/c1-4-19(5-2)11-7-10-18-15-9-8-13(12-14(15)17)16(20)21-6-3/h8-9,12,18H,4-7,10-11,17H2,1-3H3. The van der Waals surface area contributed by atoms with Crippen LogP contribution >= 0.6 is 0 Å². The number of anilines is 2. The minimum absolute atomic E-state index is 0.336. The van der Waals surface area contributed by atoms with E-state index in [9.17, 15) is 4.79 Å². The van der Waals surface area contributed by atoms with Gasteiger partial charge < -0.3 is 20.7 Å². The molecule has 0 aromatic heterocycles. The van der Waals surface area contributed by atoms with Gasteiger partial charge in [0.2, 0.25) is 0 Å². The Kier molecular flexibility index (Phi) is 7.61. The van der Waals surface area contributed by atoms with E-state index in [4.69, 9.17) is 10.5 Å². The van der Waals surface area contributed by atoms with Gasteiger partial charge in [-0.25, -0.2) is 4.79 Å². The minimum atomic E-state index is -0.336. The van der Waals surface area contributed by atoms with Crippen molar-refractivity contribution >= 4 is 17.3 Å². The number of esters is 1. The van der Waals surface area contributed by atoms with Crippen LogP contribution in [0.3, 0.4) is 0 Å². The molecule has 0 aliphatic rings. The van der Waals surface area contributed by atoms with Gasteiger partial charge in [-0.3, -0.25) is 0 Å². The van der Waals surface area contributed by atoms with Gasteiger partial charge in [-0.15, -0.1) is 0 Å². The van der Waals surface area contributed by atoms with Crippen molar-refractivity contribution in [1.82, 2.24) is 4.90 Å². The highest BCUT2D eigenvalue weighted by Gasteiger charge is 2.08. The van der Waals surface area contributed by atoms with Crippen LogP contribution in [0.5, 0.6) is 0 Å². The molecule has 21 heavy (non-hydrogen) atoms. The molecule has 0 aliphatic carbocycles. The summed E-state index contributed by atoms with van der Waals surface area (Å²) in [5.41, 5.74) is 7.89. The third-order valence-electron chi connectivity index (χ3n) is 3.42. The fourth-order valence-corrected chi connectivity index (χ4v) is 2.13. The molecule has 0 bridgehead atoms. The average Bonchev–Trinajstić information content (AvgIpc) is 2.49. The Morgan fingerprint density at radius 3 is 2.57 bits per heavy atom. The van der Waals surface area contributed by atoms with Crippen molar-refractivity contribution in [2.75, 3.05) is 43.8 Å². The van der Waals surface area contributed by atoms with Gasteiger partial charge in [0.05, 0.1) is 23.5 Å². The molecule has 0 unspecified atom stereocenters. The molecule has 1 aromatic rings. The molecule has 0 saturated carbocycles. The zero-order valence-corrected chi connectivity index (χ0v) is 13.3. The first-order valence-electron chi connectivity index (χ1n) is 7.65. The number of rotatable bonds is 9. The number of hydrogen-bond acceptors (Lipinski definition) is 5. The van der Waals surface area contributed by atoms with Gasteiger partial charge >= 0.3 is 5.97 Å². The molecular formula is C16H27N3O2. The molecule has 1 rings (SSSR count). The number of nitrogens with two attached hydrogens (primary N) is 1. The third kappa shape index (κ3) is 5.63. The molecule has 0 fully saturated rings. The van der Waals surface area contributed by atoms with Crippen molar-refractivity contribution in [3.05, 3.63) is 23.8 Å². The van der Waals surface area contributed by atoms with E-state index in [0.717, 1.165) is 38.3 Å². The van der Waals surface area contributed by atoms with Crippen LogP contribution < -0.4 is 11.1 Å². The number of nitrogen functional groups attached to an aromatic ring is 1. The number of nitrogens with zero attached hydrogens (tertiary/aromatic N) is 1. The summed E-state index contributed by atoms with van der Waals surface area (Å²) in [4.78, 5) is 14.0. The van der Waals surface area contributed by atoms with E-state index in [0.29, 0.717) is 17.9 Å². The summed E-state index contributed by atoms with van der Waals surface area (Å²) in [6, 6.07) is 5.23. The molecule has 0 saturated heterocycles. The van der Waals surface area contributed by atoms with E-state index in [-0.39, 0.29) is 5.97 Å². The molecule has 0 heterocycles. The van der Waals surface area contributed by atoms with Crippen molar-refractivity contribution in [1.29, 1.82) is 0 Å². The van der Waals surface area contributed by atoms with Gasteiger partial charge in [-0.1, -0.05) is 13.8 Å². The predicted octanol–water partition coefficient (Wildman–Crippen LogP) is 2.59. The second-order valence-electron chi connectivity index (χ2n) is 4.83. The Bertz CT molecular complexity index is 445. The second-order valence-corrected chi connectivity index (χ2v) is 4.83. The minimum Gasteiger partial charge on any atom is -0.462 e. The maximum Gasteiger partial charge on any atom is 0.338 e. The lowest BCUT2D eigenvalue weighted by molar-refractivity contribution is 0.0526. The Balaban J connectivity index is 2.48. The van der Waals surface area contributed by atoms with Crippen LogP contribution in [-0.2, 0) is 4.74 Å². The lowest BCUT2D eigenvalue weighted by Gasteiger charge is -2.18. The van der Waals surface area contributed by atoms with Gasteiger partial charge in [-0.2, -0.15) is 0 Å². The molecule has 0 atom stereocenters. The monoisotopic (exact) mass is 293 g/mol. The maximum atomic E-state index is 11.6. The zero-order chi connectivity index (χ0) is 15.7. The van der Waals surface area contributed by atoms with Crippen LogP contribution in [0, 0.1) is 0 Å². The summed E-state index contributed by atoms with van der Waals surface area (Å²) in [6.07, 6.45) is 1.06. The zero-order valence-electron chi connectivity index (χ0n) is 13.3. The van der Waals surface area contributed by atoms with Crippen molar-refractivity contribution < 1.29 is 9.53 Å². The lowest BCUT2D eigenvalue weighted by atomic mass is 10.1. The summed E-state index contributed by atoms with van der Waals surface area (Å²) >= 11 is 0. The number of carbonyl (C=O) groups excluding carboxylic acids is 1. The first-order chi connectivity index (χ1) is 10.1. The Morgan fingerprint density at radius 2 is 2.00 bits per heavy atom. The molecule has 0 spiro atoms. The van der Waals surface area contributed by atoms with Crippen molar-refractivity contribution in [3.63, 3.8) is 0 Å². The van der Waals surface area contributed by atoms with Crippen LogP contribution in [0.4, 0.5) is 11.4 Å². The second kappa shape index (κ2) is 9.23. The number of benzene rings is 1. The van der Waals surface area contributed by atoms with Crippen LogP contribution in [0.15, 0.2) is 18.2 Å². The van der Waals surface area contributed by atoms with E-state index in [1.807, 2.05) is 6.07 Å². The summed E-state index contributed by atoms with van der Waals surface area (Å²) in [5, 5.41) is 3.31. The highest BCUT2D eigenvalue weighted by Crippen LogP contribution is 2.20. The van der Waals surface area contributed by atoms with E-state index in [2.05, 4.69) is 24.1 Å². The first-order valence-corrected chi connectivity index (χ1v) is 7.65. The average molecular weight is 293 g/mol. The smallest absolute Gasteiger partial charge is 0.338 e. The quantitative estimate of drug-likeness (QED) is 0.416. The number of carbonyl (C=O) groups is 1. The van der Waals surface area contributed by atoms with E-state index < -0.39 is 0 Å². The SMILES string of the molecule is CCOC(=O)c1ccc(NCCCN(CC)CC)c(N)c1. The van der Waals surface area contributed by atoms with E-state index in [1.165, 1.54) is 0 Å². The largest absolute Gasteiger partial charge is 0.462 e. The van der Waals surface area contributed by atoms with Gasteiger partial charge in [0, 0.05) is 6.54 Å². The number of hydrogen-bond donors (Lipinski definition) is 2. The number of nitrogens with one attached hydrogen (secondary N) is 1. The topological polar surface area (TPSA) is 67.6 Å². The summed E-state index contributed by atoms with van der Waals surface area (Å²) in [6.45, 7) is 10.6. The van der Waals surface area contributed by atoms with Gasteiger partial charge in [0.15, 0.2) is 0 Å². The molecule has 0 radical (unpaired) electrons. The predicted molar refractivity (Wildman–Crippen MR) is 87.7 cm³/mol. The molecule has 5 heteroatoms. The Hall–Kier alpha value is -1.75. The Labute approximate surface area is 127 Å². The van der Waals surface area contributed by atoms with Crippen molar-refractivity contribution in [2.45, 2.75) is 27.2 Å². The highest BCUT2D eigenvalue weighted by molar-refractivity contribution is 5.91. The van der Waals surface area contributed by atoms with Crippen LogP contribution in [0.2, 0.25) is 0 Å². The van der Waals surface area contributed by atoms with Crippen LogP contribution in [0.1, 0.15) is 37.6 Å². The normalized spacial score (nSPS) is 10.7. The van der Waals surface area contributed by atoms with Gasteiger partial charge in [0.1, 0.15) is 0 Å². The molecule has 0 amide bonds. The summed E-state index contributed by atoms with van der Waals surface area (Å²) < 4.78 is 4.95. The van der Waals surface area contributed by atoms with Crippen molar-refractivity contribution in [2.24, 2.45) is 0 Å². The molecule has 0 aliphatic heterocycles. The highest BCUT2D eigenvalue weighted by atomic mass is 16.5.